The van der Waals surface area contributed by atoms with Crippen LogP contribution in [0, 0.1) is 6.92 Å². The summed E-state index contributed by atoms with van der Waals surface area (Å²) in [5.41, 5.74) is 7.74. The van der Waals surface area contributed by atoms with Gasteiger partial charge >= 0.3 is 0 Å². The van der Waals surface area contributed by atoms with Gasteiger partial charge in [0.05, 0.1) is 14.2 Å². The van der Waals surface area contributed by atoms with Gasteiger partial charge in [-0.2, -0.15) is 0 Å². The van der Waals surface area contributed by atoms with E-state index in [1.54, 1.807) is 26.2 Å². The highest BCUT2D eigenvalue weighted by atomic mass is 16.5. The van der Waals surface area contributed by atoms with Crippen LogP contribution in [0.5, 0.6) is 11.5 Å². The maximum Gasteiger partial charge on any atom is 0.224 e. The Morgan fingerprint density at radius 3 is 2.35 bits per heavy atom. The van der Waals surface area contributed by atoms with E-state index in [1.165, 1.54) is 0 Å². The zero-order valence-electron chi connectivity index (χ0n) is 12.9. The van der Waals surface area contributed by atoms with E-state index in [2.05, 4.69) is 0 Å². The van der Waals surface area contributed by atoms with Crippen molar-refractivity contribution in [2.45, 2.75) is 32.9 Å². The van der Waals surface area contributed by atoms with Crippen LogP contribution in [0.2, 0.25) is 0 Å². The number of rotatable bonds is 6. The molecule has 1 amide bonds. The van der Waals surface area contributed by atoms with Gasteiger partial charge in [-0.05, 0) is 37.1 Å². The minimum Gasteiger partial charge on any atom is -0.493 e. The number of ether oxygens (including phenoxy) is 2. The lowest BCUT2D eigenvalue weighted by Crippen LogP contribution is -2.31. The smallest absolute Gasteiger partial charge is 0.224 e. The lowest BCUT2D eigenvalue weighted by atomic mass is 10.1. The predicted molar refractivity (Wildman–Crippen MR) is 79.0 cm³/mol. The van der Waals surface area contributed by atoms with Crippen LogP contribution in [-0.4, -0.2) is 38.1 Å². The number of methoxy groups -OCH3 is 2. The molecule has 0 aliphatic rings. The number of aryl methyl sites for hydroxylation is 1. The molecule has 0 saturated heterocycles. The summed E-state index contributed by atoms with van der Waals surface area (Å²) in [6.07, 6.45) is 0.350. The van der Waals surface area contributed by atoms with Crippen molar-refractivity contribution in [3.63, 3.8) is 0 Å². The van der Waals surface area contributed by atoms with E-state index in [0.29, 0.717) is 24.5 Å². The van der Waals surface area contributed by atoms with E-state index in [9.17, 15) is 4.79 Å². The van der Waals surface area contributed by atoms with Gasteiger partial charge in [-0.1, -0.05) is 0 Å². The zero-order valence-corrected chi connectivity index (χ0v) is 12.9. The molecule has 1 unspecified atom stereocenters. The number of nitrogens with zero attached hydrogens (tertiary/aromatic N) is 1. The molecule has 1 rings (SSSR count). The lowest BCUT2D eigenvalue weighted by molar-refractivity contribution is -0.130. The summed E-state index contributed by atoms with van der Waals surface area (Å²) in [6.45, 7) is 4.34. The van der Waals surface area contributed by atoms with Crippen molar-refractivity contribution in [1.29, 1.82) is 0 Å². The Balaban J connectivity index is 2.89. The van der Waals surface area contributed by atoms with E-state index in [1.807, 2.05) is 26.0 Å². The molecule has 20 heavy (non-hydrogen) atoms. The minimum absolute atomic E-state index is 0.0363. The number of benzene rings is 1. The Kier molecular flexibility index (Phi) is 5.82. The zero-order chi connectivity index (χ0) is 15.3. The van der Waals surface area contributed by atoms with Crippen molar-refractivity contribution < 1.29 is 14.3 Å². The van der Waals surface area contributed by atoms with Crippen LogP contribution in [0.1, 0.15) is 24.5 Å². The van der Waals surface area contributed by atoms with Gasteiger partial charge in [0, 0.05) is 26.1 Å². The summed E-state index contributed by atoms with van der Waals surface area (Å²) >= 11 is 0. The third-order valence-electron chi connectivity index (χ3n) is 3.17. The molecular formula is C15H24N2O3. The van der Waals surface area contributed by atoms with Crippen molar-refractivity contribution in [3.05, 3.63) is 23.3 Å². The number of carbonyl (C=O) groups is 1. The number of carbonyl (C=O) groups excluding carboxylic acids is 1. The van der Waals surface area contributed by atoms with Gasteiger partial charge in [-0.3, -0.25) is 4.79 Å². The third-order valence-corrected chi connectivity index (χ3v) is 3.17. The molecule has 5 nitrogen and oxygen atoms in total. The second-order valence-electron chi connectivity index (χ2n) is 5.06. The van der Waals surface area contributed by atoms with Crippen molar-refractivity contribution in [3.8, 4) is 11.5 Å². The molecule has 112 valence electrons. The van der Waals surface area contributed by atoms with Gasteiger partial charge in [0.15, 0.2) is 11.5 Å². The molecule has 0 heterocycles. The SMILES string of the molecule is COc1cc(C)c(CN(C)C(=O)CC(C)N)cc1OC. The fraction of sp³-hybridized carbons (Fsp3) is 0.533. The Bertz CT molecular complexity index is 472. The quantitative estimate of drug-likeness (QED) is 0.861. The Morgan fingerprint density at radius 1 is 1.30 bits per heavy atom. The molecule has 0 aromatic heterocycles. The van der Waals surface area contributed by atoms with Gasteiger partial charge in [0.1, 0.15) is 0 Å². The standard InChI is InChI=1S/C15H24N2O3/c1-10-6-13(19-4)14(20-5)8-12(10)9-17(3)15(18)7-11(2)16/h6,8,11H,7,9,16H2,1-5H3. The Labute approximate surface area is 120 Å². The van der Waals surface area contributed by atoms with Crippen LogP contribution < -0.4 is 15.2 Å². The molecule has 5 heteroatoms. The third kappa shape index (κ3) is 4.13. The number of nitrogens with two attached hydrogens (primary N) is 1. The van der Waals surface area contributed by atoms with Gasteiger partial charge < -0.3 is 20.1 Å². The fourth-order valence-corrected chi connectivity index (χ4v) is 1.97. The highest BCUT2D eigenvalue weighted by molar-refractivity contribution is 5.76. The molecule has 0 bridgehead atoms. The van der Waals surface area contributed by atoms with Crippen LogP contribution in [0.3, 0.4) is 0 Å². The van der Waals surface area contributed by atoms with Crippen molar-refractivity contribution in [2.75, 3.05) is 21.3 Å². The van der Waals surface area contributed by atoms with Crippen LogP contribution in [0.4, 0.5) is 0 Å². The number of amides is 1. The van der Waals surface area contributed by atoms with Gasteiger partial charge in [0.25, 0.3) is 0 Å². The molecule has 0 aliphatic carbocycles. The number of hydrogen-bond acceptors (Lipinski definition) is 4. The maximum absolute atomic E-state index is 11.9. The summed E-state index contributed by atoms with van der Waals surface area (Å²) in [5.74, 6) is 1.40. The molecule has 0 spiro atoms. The predicted octanol–water partition coefficient (Wildman–Crippen LogP) is 1.71. The van der Waals surface area contributed by atoms with E-state index >= 15 is 0 Å². The first kappa shape index (κ1) is 16.3. The molecule has 0 aliphatic heterocycles. The second kappa shape index (κ2) is 7.14. The monoisotopic (exact) mass is 280 g/mol. The summed E-state index contributed by atoms with van der Waals surface area (Å²) in [5, 5.41) is 0. The lowest BCUT2D eigenvalue weighted by Gasteiger charge is -2.20. The highest BCUT2D eigenvalue weighted by Gasteiger charge is 2.14. The van der Waals surface area contributed by atoms with Gasteiger partial charge in [-0.15, -0.1) is 0 Å². The minimum atomic E-state index is -0.128. The summed E-state index contributed by atoms with van der Waals surface area (Å²) < 4.78 is 10.5. The highest BCUT2D eigenvalue weighted by Crippen LogP contribution is 2.30. The van der Waals surface area contributed by atoms with Crippen LogP contribution in [0.15, 0.2) is 12.1 Å². The number of hydrogen-bond donors (Lipinski definition) is 1. The summed E-state index contributed by atoms with van der Waals surface area (Å²) in [7, 11) is 4.98. The van der Waals surface area contributed by atoms with E-state index in [4.69, 9.17) is 15.2 Å². The maximum atomic E-state index is 11.9. The first-order chi connectivity index (χ1) is 9.38. The second-order valence-corrected chi connectivity index (χ2v) is 5.06. The molecule has 0 fully saturated rings. The molecule has 2 N–H and O–H groups in total. The van der Waals surface area contributed by atoms with E-state index in [0.717, 1.165) is 11.1 Å². The molecule has 1 aromatic carbocycles. The largest absolute Gasteiger partial charge is 0.493 e. The van der Waals surface area contributed by atoms with Crippen LogP contribution in [-0.2, 0) is 11.3 Å². The molecular weight excluding hydrogens is 256 g/mol. The summed E-state index contributed by atoms with van der Waals surface area (Å²) in [4.78, 5) is 13.6. The van der Waals surface area contributed by atoms with E-state index < -0.39 is 0 Å². The fourth-order valence-electron chi connectivity index (χ4n) is 1.97. The average molecular weight is 280 g/mol. The van der Waals surface area contributed by atoms with Crippen molar-refractivity contribution in [2.24, 2.45) is 5.73 Å². The Hall–Kier alpha value is -1.75. The summed E-state index contributed by atoms with van der Waals surface area (Å²) in [6, 6.07) is 3.69. The van der Waals surface area contributed by atoms with Crippen LogP contribution in [0.25, 0.3) is 0 Å². The topological polar surface area (TPSA) is 64.8 Å². The average Bonchev–Trinajstić information content (AvgIpc) is 2.39. The van der Waals surface area contributed by atoms with Crippen molar-refractivity contribution >= 4 is 5.91 Å². The molecule has 1 aromatic rings. The Morgan fingerprint density at radius 2 is 1.85 bits per heavy atom. The van der Waals surface area contributed by atoms with Gasteiger partial charge in [0.2, 0.25) is 5.91 Å². The normalized spacial score (nSPS) is 11.9. The van der Waals surface area contributed by atoms with E-state index in [-0.39, 0.29) is 11.9 Å². The molecule has 0 saturated carbocycles. The first-order valence-electron chi connectivity index (χ1n) is 6.60. The van der Waals surface area contributed by atoms with Crippen LogP contribution >= 0.6 is 0 Å². The molecule has 1 atom stereocenters. The van der Waals surface area contributed by atoms with Gasteiger partial charge in [-0.25, -0.2) is 0 Å². The van der Waals surface area contributed by atoms with Crippen molar-refractivity contribution in [1.82, 2.24) is 4.90 Å². The first-order valence-corrected chi connectivity index (χ1v) is 6.60. The molecule has 0 radical (unpaired) electrons.